The van der Waals surface area contributed by atoms with Crippen LogP contribution in [0.2, 0.25) is 0 Å². The van der Waals surface area contributed by atoms with Crippen molar-refractivity contribution in [3.05, 3.63) is 0 Å². The van der Waals surface area contributed by atoms with E-state index in [9.17, 15) is 5.11 Å². The van der Waals surface area contributed by atoms with Gasteiger partial charge in [-0.2, -0.15) is 0 Å². The van der Waals surface area contributed by atoms with Gasteiger partial charge in [0.2, 0.25) is 0 Å². The lowest BCUT2D eigenvalue weighted by molar-refractivity contribution is -0.0937. The number of aliphatic hydroxyl groups is 1. The average Bonchev–Trinajstić information content (AvgIpc) is 2.58. The van der Waals surface area contributed by atoms with Gasteiger partial charge >= 0.3 is 0 Å². The second-order valence-corrected chi connectivity index (χ2v) is 6.44. The van der Waals surface area contributed by atoms with E-state index in [0.29, 0.717) is 17.9 Å². The van der Waals surface area contributed by atoms with Crippen LogP contribution in [-0.4, -0.2) is 23.3 Å². The summed E-state index contributed by atoms with van der Waals surface area (Å²) >= 11 is 0. The Morgan fingerprint density at radius 3 is 2.59 bits per heavy atom. The molecule has 100 valence electrons. The highest BCUT2D eigenvalue weighted by Gasteiger charge is 2.45. The molecule has 2 fully saturated rings. The van der Waals surface area contributed by atoms with Crippen molar-refractivity contribution in [1.29, 1.82) is 0 Å². The second kappa shape index (κ2) is 5.71. The van der Waals surface area contributed by atoms with Crippen LogP contribution in [-0.2, 0) is 0 Å². The van der Waals surface area contributed by atoms with Gasteiger partial charge in [-0.25, -0.2) is 0 Å². The van der Waals surface area contributed by atoms with Crippen LogP contribution in [0.25, 0.3) is 0 Å². The van der Waals surface area contributed by atoms with Crippen LogP contribution in [0.15, 0.2) is 0 Å². The van der Waals surface area contributed by atoms with Crippen molar-refractivity contribution in [3.8, 4) is 0 Å². The van der Waals surface area contributed by atoms with E-state index in [2.05, 4.69) is 19.2 Å². The Balaban J connectivity index is 2.11. The standard InChI is InChI=1S/C15H29NO/c1-12(2)13-8-5-6-10-15(13,17)14-9-4-3-7-11-16-14/h12-14,16-17H,3-11H2,1-2H3. The first-order valence-electron chi connectivity index (χ1n) is 7.60. The van der Waals surface area contributed by atoms with Gasteiger partial charge in [-0.1, -0.05) is 39.5 Å². The first-order chi connectivity index (χ1) is 8.14. The Labute approximate surface area is 106 Å². The van der Waals surface area contributed by atoms with Crippen molar-refractivity contribution >= 4 is 0 Å². The molecule has 0 spiro atoms. The van der Waals surface area contributed by atoms with Crippen molar-refractivity contribution in [3.63, 3.8) is 0 Å². The molecule has 0 aromatic heterocycles. The molecule has 2 heteroatoms. The molecule has 1 aliphatic heterocycles. The summed E-state index contributed by atoms with van der Waals surface area (Å²) in [6, 6.07) is 0.345. The van der Waals surface area contributed by atoms with Gasteiger partial charge in [-0.15, -0.1) is 0 Å². The van der Waals surface area contributed by atoms with E-state index in [-0.39, 0.29) is 0 Å². The fourth-order valence-corrected chi connectivity index (χ4v) is 4.01. The molecule has 2 nitrogen and oxygen atoms in total. The molecule has 3 unspecified atom stereocenters. The third-order valence-corrected chi connectivity index (χ3v) is 4.95. The minimum absolute atomic E-state index is 0.345. The number of hydrogen-bond donors (Lipinski definition) is 2. The molecule has 2 aliphatic rings. The highest BCUT2D eigenvalue weighted by atomic mass is 16.3. The molecule has 2 N–H and O–H groups in total. The smallest absolute Gasteiger partial charge is 0.0830 e. The van der Waals surface area contributed by atoms with Crippen LogP contribution in [0.3, 0.4) is 0 Å². The van der Waals surface area contributed by atoms with Crippen LogP contribution in [0, 0.1) is 11.8 Å². The lowest BCUT2D eigenvalue weighted by Gasteiger charge is -2.47. The van der Waals surface area contributed by atoms with Crippen LogP contribution in [0.4, 0.5) is 0 Å². The summed E-state index contributed by atoms with van der Waals surface area (Å²) in [5.74, 6) is 1.09. The molecule has 0 aromatic rings. The summed E-state index contributed by atoms with van der Waals surface area (Å²) in [6.45, 7) is 5.65. The van der Waals surface area contributed by atoms with Crippen molar-refractivity contribution < 1.29 is 5.11 Å². The fourth-order valence-electron chi connectivity index (χ4n) is 4.01. The Kier molecular flexibility index (Phi) is 4.48. The second-order valence-electron chi connectivity index (χ2n) is 6.44. The minimum Gasteiger partial charge on any atom is -0.388 e. The highest BCUT2D eigenvalue weighted by Crippen LogP contribution is 2.42. The Morgan fingerprint density at radius 1 is 1.06 bits per heavy atom. The van der Waals surface area contributed by atoms with Gasteiger partial charge < -0.3 is 10.4 Å². The quantitative estimate of drug-likeness (QED) is 0.776. The Bertz CT molecular complexity index is 233. The molecule has 1 saturated carbocycles. The topological polar surface area (TPSA) is 32.3 Å². The van der Waals surface area contributed by atoms with Crippen LogP contribution >= 0.6 is 0 Å². The maximum absolute atomic E-state index is 11.2. The van der Waals surface area contributed by atoms with Gasteiger partial charge in [0.25, 0.3) is 0 Å². The summed E-state index contributed by atoms with van der Waals surface area (Å²) < 4.78 is 0. The largest absolute Gasteiger partial charge is 0.388 e. The molecule has 2 rings (SSSR count). The van der Waals surface area contributed by atoms with Gasteiger partial charge in [0, 0.05) is 6.04 Å². The number of hydrogen-bond acceptors (Lipinski definition) is 2. The SMILES string of the molecule is CC(C)C1CCCCC1(O)C1CCCCCN1. The third-order valence-electron chi connectivity index (χ3n) is 4.95. The zero-order valence-corrected chi connectivity index (χ0v) is 11.5. The van der Waals surface area contributed by atoms with E-state index in [1.807, 2.05) is 0 Å². The lowest BCUT2D eigenvalue weighted by Crippen LogP contribution is -2.57. The zero-order valence-electron chi connectivity index (χ0n) is 11.5. The maximum atomic E-state index is 11.2. The lowest BCUT2D eigenvalue weighted by atomic mass is 9.66. The Morgan fingerprint density at radius 2 is 1.82 bits per heavy atom. The molecule has 1 aliphatic carbocycles. The first-order valence-corrected chi connectivity index (χ1v) is 7.60. The van der Waals surface area contributed by atoms with Crippen molar-refractivity contribution in [2.45, 2.75) is 76.9 Å². The minimum atomic E-state index is -0.434. The van der Waals surface area contributed by atoms with Gasteiger partial charge in [0.05, 0.1) is 5.60 Å². The van der Waals surface area contributed by atoms with Crippen LogP contribution in [0.5, 0.6) is 0 Å². The van der Waals surface area contributed by atoms with Gasteiger partial charge in [0.1, 0.15) is 0 Å². The molecule has 1 heterocycles. The Hall–Kier alpha value is -0.0800. The third kappa shape index (κ3) is 2.85. The molecule has 0 amide bonds. The summed E-state index contributed by atoms with van der Waals surface area (Å²) in [5.41, 5.74) is -0.434. The van der Waals surface area contributed by atoms with E-state index >= 15 is 0 Å². The normalized spacial score (nSPS) is 40.2. The number of rotatable bonds is 2. The average molecular weight is 239 g/mol. The first kappa shape index (κ1) is 13.4. The fraction of sp³-hybridized carbons (Fsp3) is 1.00. The van der Waals surface area contributed by atoms with Crippen molar-refractivity contribution in [1.82, 2.24) is 5.32 Å². The molecular weight excluding hydrogens is 210 g/mol. The zero-order chi connectivity index (χ0) is 12.3. The van der Waals surface area contributed by atoms with Crippen LogP contribution < -0.4 is 5.32 Å². The summed E-state index contributed by atoms with van der Waals surface area (Å²) in [4.78, 5) is 0. The summed E-state index contributed by atoms with van der Waals surface area (Å²) in [5, 5.41) is 14.8. The van der Waals surface area contributed by atoms with E-state index in [0.717, 1.165) is 13.0 Å². The van der Waals surface area contributed by atoms with Gasteiger partial charge in [-0.3, -0.25) is 0 Å². The molecule has 1 saturated heterocycles. The van der Waals surface area contributed by atoms with Crippen molar-refractivity contribution in [2.75, 3.05) is 6.54 Å². The van der Waals surface area contributed by atoms with Crippen LogP contribution in [0.1, 0.15) is 65.2 Å². The molecule has 0 aromatic carbocycles. The summed E-state index contributed by atoms with van der Waals surface area (Å²) in [6.07, 6.45) is 9.78. The monoisotopic (exact) mass is 239 g/mol. The van der Waals surface area contributed by atoms with E-state index in [4.69, 9.17) is 0 Å². The molecule has 17 heavy (non-hydrogen) atoms. The molecule has 0 bridgehead atoms. The van der Waals surface area contributed by atoms with E-state index in [1.54, 1.807) is 0 Å². The molecule has 3 atom stereocenters. The van der Waals surface area contributed by atoms with Gasteiger partial charge in [-0.05, 0) is 44.1 Å². The van der Waals surface area contributed by atoms with E-state index in [1.165, 1.54) is 44.9 Å². The molecular formula is C15H29NO. The van der Waals surface area contributed by atoms with Gasteiger partial charge in [0.15, 0.2) is 0 Å². The predicted octanol–water partition coefficient (Wildman–Crippen LogP) is 3.10. The maximum Gasteiger partial charge on any atom is 0.0830 e. The van der Waals surface area contributed by atoms with Crippen molar-refractivity contribution in [2.24, 2.45) is 11.8 Å². The number of nitrogens with one attached hydrogen (secondary N) is 1. The summed E-state index contributed by atoms with van der Waals surface area (Å²) in [7, 11) is 0. The highest BCUT2D eigenvalue weighted by molar-refractivity contribution is 5.00. The van der Waals surface area contributed by atoms with E-state index < -0.39 is 5.60 Å². The molecule has 0 radical (unpaired) electrons. The predicted molar refractivity (Wildman–Crippen MR) is 72.0 cm³/mol.